The van der Waals surface area contributed by atoms with Crippen LogP contribution in [0.25, 0.3) is 0 Å². The molecule has 0 heterocycles. The molecule has 2 rings (SSSR count). The molecule has 116 valence electrons. The van der Waals surface area contributed by atoms with Gasteiger partial charge in [0.05, 0.1) is 13.2 Å². The van der Waals surface area contributed by atoms with Crippen molar-refractivity contribution in [3.8, 4) is 11.5 Å². The standard InChI is InChI=1S/C16H24N2O3/c1-10-6-11(2)8-13(7-10)21-14-5-4-12(16(17)18-19)9-15(14)20-3/h4-5,9-11,13,19H,6-8H2,1-3H3,(H2,17,18). The Balaban J connectivity index is 2.16. The van der Waals surface area contributed by atoms with Crippen LogP contribution in [0, 0.1) is 11.8 Å². The van der Waals surface area contributed by atoms with Gasteiger partial charge in [-0.1, -0.05) is 19.0 Å². The first-order chi connectivity index (χ1) is 10.0. The molecule has 0 aliphatic heterocycles. The van der Waals surface area contributed by atoms with Crippen LogP contribution in [0.5, 0.6) is 11.5 Å². The van der Waals surface area contributed by atoms with Crippen molar-refractivity contribution >= 4 is 5.84 Å². The number of amidine groups is 1. The van der Waals surface area contributed by atoms with Crippen LogP contribution in [0.3, 0.4) is 0 Å². The highest BCUT2D eigenvalue weighted by Crippen LogP contribution is 2.35. The van der Waals surface area contributed by atoms with Crippen LogP contribution in [0.2, 0.25) is 0 Å². The Bertz CT molecular complexity index is 506. The third-order valence-corrected chi connectivity index (χ3v) is 4.00. The minimum Gasteiger partial charge on any atom is -0.493 e. The Hall–Kier alpha value is -1.91. The molecule has 0 amide bonds. The van der Waals surface area contributed by atoms with Crippen molar-refractivity contribution in [3.63, 3.8) is 0 Å². The molecular formula is C16H24N2O3. The van der Waals surface area contributed by atoms with Gasteiger partial charge in [0.15, 0.2) is 17.3 Å². The minimum absolute atomic E-state index is 0.0553. The number of methoxy groups -OCH3 is 1. The van der Waals surface area contributed by atoms with E-state index in [1.165, 1.54) is 6.42 Å². The smallest absolute Gasteiger partial charge is 0.170 e. The summed E-state index contributed by atoms with van der Waals surface area (Å²) in [7, 11) is 1.59. The molecule has 0 saturated heterocycles. The van der Waals surface area contributed by atoms with Crippen LogP contribution >= 0.6 is 0 Å². The second-order valence-electron chi connectivity index (χ2n) is 6.01. The van der Waals surface area contributed by atoms with Gasteiger partial charge in [-0.25, -0.2) is 0 Å². The molecular weight excluding hydrogens is 268 g/mol. The first-order valence-electron chi connectivity index (χ1n) is 7.36. The molecule has 1 aliphatic rings. The lowest BCUT2D eigenvalue weighted by molar-refractivity contribution is 0.0980. The Morgan fingerprint density at radius 2 is 1.86 bits per heavy atom. The van der Waals surface area contributed by atoms with E-state index >= 15 is 0 Å². The Morgan fingerprint density at radius 1 is 1.19 bits per heavy atom. The summed E-state index contributed by atoms with van der Waals surface area (Å²) in [6.45, 7) is 4.54. The van der Waals surface area contributed by atoms with Crippen molar-refractivity contribution in [2.45, 2.75) is 39.2 Å². The third kappa shape index (κ3) is 3.80. The SMILES string of the molecule is COc1cc(C(N)=NO)ccc1OC1CC(C)CC(C)C1. The summed E-state index contributed by atoms with van der Waals surface area (Å²) in [5.41, 5.74) is 6.20. The van der Waals surface area contributed by atoms with Crippen LogP contribution in [0.4, 0.5) is 0 Å². The van der Waals surface area contributed by atoms with Gasteiger partial charge >= 0.3 is 0 Å². The van der Waals surface area contributed by atoms with Gasteiger partial charge in [0.2, 0.25) is 0 Å². The molecule has 1 aliphatic carbocycles. The largest absolute Gasteiger partial charge is 0.493 e. The van der Waals surface area contributed by atoms with Crippen molar-refractivity contribution in [1.82, 2.24) is 0 Å². The van der Waals surface area contributed by atoms with Gasteiger partial charge in [-0.2, -0.15) is 0 Å². The second-order valence-corrected chi connectivity index (χ2v) is 6.01. The van der Waals surface area contributed by atoms with Gasteiger partial charge in [0.1, 0.15) is 0 Å². The lowest BCUT2D eigenvalue weighted by atomic mass is 9.82. The first-order valence-corrected chi connectivity index (χ1v) is 7.36. The van der Waals surface area contributed by atoms with Gasteiger partial charge in [-0.3, -0.25) is 0 Å². The maximum atomic E-state index is 8.73. The normalized spacial score (nSPS) is 26.4. The second kappa shape index (κ2) is 6.70. The quantitative estimate of drug-likeness (QED) is 0.387. The van der Waals surface area contributed by atoms with Crippen molar-refractivity contribution in [2.75, 3.05) is 7.11 Å². The molecule has 1 saturated carbocycles. The summed E-state index contributed by atoms with van der Waals surface area (Å²) >= 11 is 0. The summed E-state index contributed by atoms with van der Waals surface area (Å²) in [6.07, 6.45) is 3.61. The highest BCUT2D eigenvalue weighted by atomic mass is 16.5. The van der Waals surface area contributed by atoms with Crippen LogP contribution in [-0.4, -0.2) is 24.3 Å². The first kappa shape index (κ1) is 15.5. The number of rotatable bonds is 4. The average Bonchev–Trinajstić information content (AvgIpc) is 2.45. The zero-order valence-electron chi connectivity index (χ0n) is 12.9. The zero-order valence-corrected chi connectivity index (χ0v) is 12.9. The number of oxime groups is 1. The lowest BCUT2D eigenvalue weighted by Gasteiger charge is -2.32. The molecule has 2 unspecified atom stereocenters. The molecule has 0 bridgehead atoms. The zero-order chi connectivity index (χ0) is 15.4. The van der Waals surface area contributed by atoms with E-state index in [0.29, 0.717) is 28.9 Å². The van der Waals surface area contributed by atoms with E-state index in [2.05, 4.69) is 19.0 Å². The van der Waals surface area contributed by atoms with Gasteiger partial charge in [0, 0.05) is 5.56 Å². The van der Waals surface area contributed by atoms with Crippen LogP contribution in [0.1, 0.15) is 38.7 Å². The molecule has 5 nitrogen and oxygen atoms in total. The minimum atomic E-state index is 0.0553. The van der Waals surface area contributed by atoms with E-state index in [9.17, 15) is 0 Å². The number of benzene rings is 1. The Labute approximate surface area is 125 Å². The van der Waals surface area contributed by atoms with Crippen LogP contribution < -0.4 is 15.2 Å². The number of hydrogen-bond donors (Lipinski definition) is 2. The molecule has 1 aromatic carbocycles. The summed E-state index contributed by atoms with van der Waals surface area (Å²) < 4.78 is 11.5. The number of ether oxygens (including phenoxy) is 2. The predicted octanol–water partition coefficient (Wildman–Crippen LogP) is 2.99. The molecule has 0 aromatic heterocycles. The topological polar surface area (TPSA) is 77.1 Å². The van der Waals surface area contributed by atoms with Gasteiger partial charge in [-0.15, -0.1) is 0 Å². The van der Waals surface area contributed by atoms with Crippen molar-refractivity contribution in [1.29, 1.82) is 0 Å². The molecule has 2 atom stereocenters. The Kier molecular flexibility index (Phi) is 4.94. The average molecular weight is 292 g/mol. The maximum Gasteiger partial charge on any atom is 0.170 e. The van der Waals surface area contributed by atoms with Crippen molar-refractivity contribution in [3.05, 3.63) is 23.8 Å². The van der Waals surface area contributed by atoms with Gasteiger partial charge in [-0.05, 0) is 49.3 Å². The number of nitrogens with zero attached hydrogens (tertiary/aromatic N) is 1. The van der Waals surface area contributed by atoms with Crippen LogP contribution in [-0.2, 0) is 0 Å². The van der Waals surface area contributed by atoms with Gasteiger partial charge in [0.25, 0.3) is 0 Å². The number of nitrogens with two attached hydrogens (primary N) is 1. The molecule has 0 spiro atoms. The van der Waals surface area contributed by atoms with Crippen molar-refractivity contribution in [2.24, 2.45) is 22.7 Å². The molecule has 0 radical (unpaired) electrons. The van der Waals surface area contributed by atoms with Gasteiger partial charge < -0.3 is 20.4 Å². The lowest BCUT2D eigenvalue weighted by Crippen LogP contribution is -2.28. The molecule has 5 heteroatoms. The third-order valence-electron chi connectivity index (χ3n) is 4.00. The van der Waals surface area contributed by atoms with E-state index in [-0.39, 0.29) is 11.9 Å². The fraction of sp³-hybridized carbons (Fsp3) is 0.562. The van der Waals surface area contributed by atoms with E-state index in [1.54, 1.807) is 19.2 Å². The number of hydrogen-bond acceptors (Lipinski definition) is 4. The monoisotopic (exact) mass is 292 g/mol. The van der Waals surface area contributed by atoms with E-state index < -0.39 is 0 Å². The van der Waals surface area contributed by atoms with Crippen LogP contribution in [0.15, 0.2) is 23.4 Å². The fourth-order valence-corrected chi connectivity index (χ4v) is 3.13. The summed E-state index contributed by atoms with van der Waals surface area (Å²) in [4.78, 5) is 0. The molecule has 1 aromatic rings. The fourth-order valence-electron chi connectivity index (χ4n) is 3.13. The van der Waals surface area contributed by atoms with E-state index in [1.807, 2.05) is 6.07 Å². The predicted molar refractivity (Wildman–Crippen MR) is 82.1 cm³/mol. The summed E-state index contributed by atoms with van der Waals surface area (Å²) in [5.74, 6) is 2.73. The molecule has 21 heavy (non-hydrogen) atoms. The maximum absolute atomic E-state index is 8.73. The highest BCUT2D eigenvalue weighted by molar-refractivity contribution is 5.97. The van der Waals surface area contributed by atoms with E-state index in [0.717, 1.165) is 12.8 Å². The summed E-state index contributed by atoms with van der Waals surface area (Å²) in [6, 6.07) is 5.30. The highest BCUT2D eigenvalue weighted by Gasteiger charge is 2.26. The Morgan fingerprint density at radius 3 is 2.43 bits per heavy atom. The van der Waals surface area contributed by atoms with E-state index in [4.69, 9.17) is 20.4 Å². The van der Waals surface area contributed by atoms with Crippen molar-refractivity contribution < 1.29 is 14.7 Å². The molecule has 3 N–H and O–H groups in total. The molecule has 1 fully saturated rings. The summed E-state index contributed by atoms with van der Waals surface area (Å²) in [5, 5.41) is 11.7.